The lowest BCUT2D eigenvalue weighted by atomic mass is 9.92. The molecule has 2 aromatic rings. The Morgan fingerprint density at radius 3 is 2.70 bits per heavy atom. The van der Waals surface area contributed by atoms with Crippen LogP contribution in [-0.2, 0) is 13.0 Å². The third kappa shape index (κ3) is 4.49. The number of piperidine rings is 1. The molecule has 122 valence electrons. The first kappa shape index (κ1) is 16.4. The summed E-state index contributed by atoms with van der Waals surface area (Å²) in [6, 6.07) is 14.5. The predicted octanol–water partition coefficient (Wildman–Crippen LogP) is 4.77. The summed E-state index contributed by atoms with van der Waals surface area (Å²) in [6.45, 7) is 4.90. The van der Waals surface area contributed by atoms with Gasteiger partial charge in [0, 0.05) is 0 Å². The molecular weight excluding hydrogens is 306 g/mol. The maximum Gasteiger partial charge on any atom is 0.141 e. The molecule has 2 aromatic carbocycles. The highest BCUT2D eigenvalue weighted by Crippen LogP contribution is 2.32. The third-order valence-corrected chi connectivity index (χ3v) is 4.72. The molecule has 1 heterocycles. The summed E-state index contributed by atoms with van der Waals surface area (Å²) in [5.74, 6) is 1.52. The maximum absolute atomic E-state index is 6.48. The number of halogens is 1. The van der Waals surface area contributed by atoms with Gasteiger partial charge in [0.05, 0.1) is 5.02 Å². The Labute approximate surface area is 143 Å². The summed E-state index contributed by atoms with van der Waals surface area (Å²) in [5.41, 5.74) is 3.58. The Morgan fingerprint density at radius 1 is 1.17 bits per heavy atom. The van der Waals surface area contributed by atoms with Crippen LogP contribution in [-0.4, -0.2) is 13.1 Å². The zero-order valence-corrected chi connectivity index (χ0v) is 14.4. The fourth-order valence-corrected chi connectivity index (χ4v) is 3.61. The Morgan fingerprint density at radius 2 is 2.00 bits per heavy atom. The minimum absolute atomic E-state index is 0.549. The number of hydrogen-bond donors (Lipinski definition) is 1. The Bertz CT molecular complexity index is 612. The topological polar surface area (TPSA) is 21.3 Å². The number of aryl methyl sites for hydroxylation is 1. The minimum atomic E-state index is 0.549. The molecule has 1 aliphatic heterocycles. The molecule has 0 amide bonds. The zero-order chi connectivity index (χ0) is 16.1. The van der Waals surface area contributed by atoms with Crippen LogP contribution in [0.3, 0.4) is 0 Å². The molecule has 1 fully saturated rings. The summed E-state index contributed by atoms with van der Waals surface area (Å²) in [6.07, 6.45) is 3.66. The summed E-state index contributed by atoms with van der Waals surface area (Å²) in [4.78, 5) is 0. The molecule has 2 nitrogen and oxygen atoms in total. The Kier molecular flexibility index (Phi) is 5.58. The number of rotatable bonds is 5. The fourth-order valence-electron chi connectivity index (χ4n) is 3.26. The second kappa shape index (κ2) is 7.85. The van der Waals surface area contributed by atoms with Gasteiger partial charge in [-0.1, -0.05) is 48.0 Å². The SMILES string of the molecule is Cc1cc(CC2CCCNC2)cc(Cl)c1OCc1ccccc1. The first-order chi connectivity index (χ1) is 11.2. The molecule has 1 unspecified atom stereocenters. The van der Waals surface area contributed by atoms with E-state index in [1.807, 2.05) is 18.2 Å². The van der Waals surface area contributed by atoms with Crippen LogP contribution in [0.2, 0.25) is 5.02 Å². The van der Waals surface area contributed by atoms with Crippen molar-refractivity contribution in [3.8, 4) is 5.75 Å². The Balaban J connectivity index is 1.67. The summed E-state index contributed by atoms with van der Waals surface area (Å²) in [7, 11) is 0. The number of hydrogen-bond acceptors (Lipinski definition) is 2. The molecule has 1 N–H and O–H groups in total. The summed E-state index contributed by atoms with van der Waals surface area (Å²) >= 11 is 6.48. The van der Waals surface area contributed by atoms with Gasteiger partial charge in [-0.2, -0.15) is 0 Å². The van der Waals surface area contributed by atoms with Gasteiger partial charge in [0.25, 0.3) is 0 Å². The molecule has 3 rings (SSSR count). The molecule has 0 aromatic heterocycles. The molecule has 0 saturated carbocycles. The monoisotopic (exact) mass is 329 g/mol. The van der Waals surface area contributed by atoms with Crippen LogP contribution >= 0.6 is 11.6 Å². The van der Waals surface area contributed by atoms with Gasteiger partial charge in [0.1, 0.15) is 12.4 Å². The van der Waals surface area contributed by atoms with E-state index in [4.69, 9.17) is 16.3 Å². The van der Waals surface area contributed by atoms with Crippen molar-refractivity contribution in [1.29, 1.82) is 0 Å². The molecular formula is C20H24ClNO. The van der Waals surface area contributed by atoms with Crippen molar-refractivity contribution in [3.63, 3.8) is 0 Å². The predicted molar refractivity (Wildman–Crippen MR) is 96.3 cm³/mol. The van der Waals surface area contributed by atoms with Crippen LogP contribution in [0, 0.1) is 12.8 Å². The van der Waals surface area contributed by atoms with Crippen molar-refractivity contribution in [2.24, 2.45) is 5.92 Å². The van der Waals surface area contributed by atoms with Gasteiger partial charge < -0.3 is 10.1 Å². The van der Waals surface area contributed by atoms with Gasteiger partial charge in [0.15, 0.2) is 0 Å². The molecule has 3 heteroatoms. The van der Waals surface area contributed by atoms with Gasteiger partial charge in [-0.3, -0.25) is 0 Å². The highest BCUT2D eigenvalue weighted by Gasteiger charge is 2.15. The van der Waals surface area contributed by atoms with Crippen molar-refractivity contribution in [3.05, 3.63) is 64.2 Å². The van der Waals surface area contributed by atoms with Crippen LogP contribution in [0.5, 0.6) is 5.75 Å². The van der Waals surface area contributed by atoms with E-state index in [1.165, 1.54) is 18.4 Å². The van der Waals surface area contributed by atoms with Gasteiger partial charge in [0.2, 0.25) is 0 Å². The number of nitrogens with one attached hydrogen (secondary N) is 1. The highest BCUT2D eigenvalue weighted by molar-refractivity contribution is 6.32. The fraction of sp³-hybridized carbons (Fsp3) is 0.400. The normalized spacial score (nSPS) is 17.9. The average Bonchev–Trinajstić information content (AvgIpc) is 2.56. The third-order valence-electron chi connectivity index (χ3n) is 4.44. The van der Waals surface area contributed by atoms with Crippen molar-refractivity contribution in [1.82, 2.24) is 5.32 Å². The summed E-state index contributed by atoms with van der Waals surface area (Å²) < 4.78 is 5.95. The van der Waals surface area contributed by atoms with E-state index in [-0.39, 0.29) is 0 Å². The van der Waals surface area contributed by atoms with E-state index >= 15 is 0 Å². The Hall–Kier alpha value is -1.51. The lowest BCUT2D eigenvalue weighted by molar-refractivity contribution is 0.304. The van der Waals surface area contributed by atoms with Crippen LogP contribution in [0.25, 0.3) is 0 Å². The van der Waals surface area contributed by atoms with Crippen molar-refractivity contribution in [2.45, 2.75) is 32.8 Å². The van der Waals surface area contributed by atoms with E-state index in [2.05, 4.69) is 36.5 Å². The van der Waals surface area contributed by atoms with Crippen LogP contribution in [0.1, 0.15) is 29.5 Å². The molecule has 0 spiro atoms. The van der Waals surface area contributed by atoms with E-state index in [0.717, 1.165) is 47.3 Å². The second-order valence-electron chi connectivity index (χ2n) is 6.41. The average molecular weight is 330 g/mol. The highest BCUT2D eigenvalue weighted by atomic mass is 35.5. The molecule has 0 aliphatic carbocycles. The molecule has 1 aliphatic rings. The first-order valence-corrected chi connectivity index (χ1v) is 8.76. The van der Waals surface area contributed by atoms with Gasteiger partial charge in [-0.25, -0.2) is 0 Å². The zero-order valence-electron chi connectivity index (χ0n) is 13.6. The molecule has 1 saturated heterocycles. The minimum Gasteiger partial charge on any atom is -0.487 e. The van der Waals surface area contributed by atoms with Gasteiger partial charge >= 0.3 is 0 Å². The first-order valence-electron chi connectivity index (χ1n) is 8.39. The molecule has 23 heavy (non-hydrogen) atoms. The summed E-state index contributed by atoms with van der Waals surface area (Å²) in [5, 5.41) is 4.20. The van der Waals surface area contributed by atoms with Crippen molar-refractivity contribution >= 4 is 11.6 Å². The largest absolute Gasteiger partial charge is 0.487 e. The maximum atomic E-state index is 6.48. The van der Waals surface area contributed by atoms with E-state index in [9.17, 15) is 0 Å². The molecule has 0 radical (unpaired) electrons. The molecule has 1 atom stereocenters. The number of ether oxygens (including phenoxy) is 1. The quantitative estimate of drug-likeness (QED) is 0.853. The van der Waals surface area contributed by atoms with E-state index in [1.54, 1.807) is 0 Å². The standard InChI is InChI=1S/C20H24ClNO/c1-15-10-18(11-17-8-5-9-22-13-17)12-19(21)20(15)23-14-16-6-3-2-4-7-16/h2-4,6-7,10,12,17,22H,5,8-9,11,13-14H2,1H3. The lowest BCUT2D eigenvalue weighted by Crippen LogP contribution is -2.30. The van der Waals surface area contributed by atoms with Crippen LogP contribution < -0.4 is 10.1 Å². The van der Waals surface area contributed by atoms with Gasteiger partial charge in [-0.05, 0) is 68.0 Å². The van der Waals surface area contributed by atoms with Crippen LogP contribution in [0.4, 0.5) is 0 Å². The number of benzene rings is 2. The van der Waals surface area contributed by atoms with Gasteiger partial charge in [-0.15, -0.1) is 0 Å². The second-order valence-corrected chi connectivity index (χ2v) is 6.82. The van der Waals surface area contributed by atoms with Crippen molar-refractivity contribution in [2.75, 3.05) is 13.1 Å². The molecule has 0 bridgehead atoms. The van der Waals surface area contributed by atoms with Crippen LogP contribution in [0.15, 0.2) is 42.5 Å². The lowest BCUT2D eigenvalue weighted by Gasteiger charge is -2.23. The van der Waals surface area contributed by atoms with E-state index < -0.39 is 0 Å². The van der Waals surface area contributed by atoms with E-state index in [0.29, 0.717) is 6.61 Å². The van der Waals surface area contributed by atoms with Crippen molar-refractivity contribution < 1.29 is 4.74 Å². The smallest absolute Gasteiger partial charge is 0.141 e.